The fraction of sp³-hybridized carbons (Fsp3) is 0.316. The number of urea groups is 1. The maximum atomic E-state index is 12.5. The number of halogens is 1. The standard InChI is InChI=1S/C19H20ClN3O4/c20-15-4-2-14(3-5-15)12-19(10-1-11-27-13-19)22-18(24)21-16-6-8-17(9-7-16)23(25)26/h2-9H,1,10-13H2,(H2,21,22,24). The summed E-state index contributed by atoms with van der Waals surface area (Å²) in [4.78, 5) is 22.8. The molecule has 27 heavy (non-hydrogen) atoms. The third-order valence-corrected chi connectivity index (χ3v) is 4.74. The average Bonchev–Trinajstić information content (AvgIpc) is 2.64. The van der Waals surface area contributed by atoms with Gasteiger partial charge in [0.25, 0.3) is 5.69 Å². The number of rotatable bonds is 5. The lowest BCUT2D eigenvalue weighted by Gasteiger charge is -2.38. The van der Waals surface area contributed by atoms with E-state index in [-0.39, 0.29) is 11.7 Å². The first kappa shape index (κ1) is 19.1. The number of carbonyl (C=O) groups excluding carboxylic acids is 1. The van der Waals surface area contributed by atoms with Gasteiger partial charge in [-0.05, 0) is 49.1 Å². The topological polar surface area (TPSA) is 93.5 Å². The zero-order chi connectivity index (χ0) is 19.3. The first-order valence-electron chi connectivity index (χ1n) is 8.62. The molecule has 2 aromatic rings. The van der Waals surface area contributed by atoms with Crippen LogP contribution in [0.15, 0.2) is 48.5 Å². The summed E-state index contributed by atoms with van der Waals surface area (Å²) in [5, 5.41) is 17.1. The normalized spacial score (nSPS) is 19.3. The third-order valence-electron chi connectivity index (χ3n) is 4.49. The molecule has 2 N–H and O–H groups in total. The quantitative estimate of drug-likeness (QED) is 0.593. The van der Waals surface area contributed by atoms with Crippen LogP contribution in [0, 0.1) is 10.1 Å². The van der Waals surface area contributed by atoms with Crippen molar-refractivity contribution in [1.29, 1.82) is 0 Å². The molecule has 0 radical (unpaired) electrons. The number of ether oxygens (including phenoxy) is 1. The summed E-state index contributed by atoms with van der Waals surface area (Å²) in [6.07, 6.45) is 2.27. The van der Waals surface area contributed by atoms with Crippen LogP contribution < -0.4 is 10.6 Å². The van der Waals surface area contributed by atoms with Gasteiger partial charge in [-0.25, -0.2) is 4.79 Å². The van der Waals surface area contributed by atoms with Gasteiger partial charge in [0, 0.05) is 29.4 Å². The Labute approximate surface area is 161 Å². The number of nitro groups is 1. The van der Waals surface area contributed by atoms with Crippen LogP contribution in [0.2, 0.25) is 5.02 Å². The summed E-state index contributed by atoms with van der Waals surface area (Å²) in [5.41, 5.74) is 0.995. The highest BCUT2D eigenvalue weighted by molar-refractivity contribution is 6.30. The second-order valence-electron chi connectivity index (χ2n) is 6.62. The van der Waals surface area contributed by atoms with E-state index in [1.165, 1.54) is 24.3 Å². The average molecular weight is 390 g/mol. The molecular weight excluding hydrogens is 370 g/mol. The van der Waals surface area contributed by atoms with Crippen LogP contribution >= 0.6 is 11.6 Å². The summed E-state index contributed by atoms with van der Waals surface area (Å²) >= 11 is 5.95. The largest absolute Gasteiger partial charge is 0.379 e. The van der Waals surface area contributed by atoms with Crippen LogP contribution in [0.4, 0.5) is 16.2 Å². The molecule has 1 atom stereocenters. The van der Waals surface area contributed by atoms with Crippen molar-refractivity contribution in [1.82, 2.24) is 5.32 Å². The van der Waals surface area contributed by atoms with E-state index in [9.17, 15) is 14.9 Å². The Morgan fingerprint density at radius 1 is 1.19 bits per heavy atom. The fourth-order valence-corrected chi connectivity index (χ4v) is 3.32. The first-order chi connectivity index (χ1) is 13.0. The van der Waals surface area contributed by atoms with Crippen molar-refractivity contribution >= 4 is 29.0 Å². The van der Waals surface area contributed by atoms with E-state index in [0.29, 0.717) is 30.3 Å². The SMILES string of the molecule is O=C(Nc1ccc([N+](=O)[O-])cc1)NC1(Cc2ccc(Cl)cc2)CCCOC1. The number of nitrogens with zero attached hydrogens (tertiary/aromatic N) is 1. The summed E-state index contributed by atoms with van der Waals surface area (Å²) in [5.74, 6) is 0. The Hall–Kier alpha value is -2.64. The molecule has 1 fully saturated rings. The van der Waals surface area contributed by atoms with Crippen LogP contribution in [0.1, 0.15) is 18.4 Å². The molecule has 1 aliphatic heterocycles. The van der Waals surface area contributed by atoms with E-state index in [0.717, 1.165) is 18.4 Å². The highest BCUT2D eigenvalue weighted by Gasteiger charge is 2.34. The first-order valence-corrected chi connectivity index (χ1v) is 8.99. The molecule has 0 saturated carbocycles. The Morgan fingerprint density at radius 2 is 1.89 bits per heavy atom. The second kappa shape index (κ2) is 8.37. The van der Waals surface area contributed by atoms with Crippen molar-refractivity contribution in [3.8, 4) is 0 Å². The smallest absolute Gasteiger partial charge is 0.319 e. The second-order valence-corrected chi connectivity index (χ2v) is 7.06. The van der Waals surface area contributed by atoms with Gasteiger partial charge in [-0.3, -0.25) is 10.1 Å². The number of amides is 2. The molecule has 2 amide bonds. The molecule has 0 bridgehead atoms. The number of hydrogen-bond donors (Lipinski definition) is 2. The summed E-state index contributed by atoms with van der Waals surface area (Å²) in [6.45, 7) is 1.09. The Morgan fingerprint density at radius 3 is 2.48 bits per heavy atom. The van der Waals surface area contributed by atoms with Gasteiger partial charge in [0.15, 0.2) is 0 Å². The van der Waals surface area contributed by atoms with Crippen molar-refractivity contribution in [3.63, 3.8) is 0 Å². The van der Waals surface area contributed by atoms with E-state index in [2.05, 4.69) is 10.6 Å². The summed E-state index contributed by atoms with van der Waals surface area (Å²) in [6, 6.07) is 12.9. The van der Waals surface area contributed by atoms with E-state index in [1.807, 2.05) is 24.3 Å². The van der Waals surface area contributed by atoms with Crippen LogP contribution in [-0.4, -0.2) is 29.7 Å². The van der Waals surface area contributed by atoms with Gasteiger partial charge in [-0.1, -0.05) is 23.7 Å². The zero-order valence-corrected chi connectivity index (χ0v) is 15.4. The number of benzene rings is 2. The Balaban J connectivity index is 1.68. The van der Waals surface area contributed by atoms with E-state index < -0.39 is 10.5 Å². The number of non-ortho nitro benzene ring substituents is 1. The van der Waals surface area contributed by atoms with E-state index in [4.69, 9.17) is 16.3 Å². The highest BCUT2D eigenvalue weighted by Crippen LogP contribution is 2.25. The van der Waals surface area contributed by atoms with Gasteiger partial charge >= 0.3 is 6.03 Å². The number of carbonyl (C=O) groups is 1. The Bertz CT molecular complexity index is 803. The number of nitrogens with one attached hydrogen (secondary N) is 2. The maximum absolute atomic E-state index is 12.5. The maximum Gasteiger partial charge on any atom is 0.319 e. The minimum Gasteiger partial charge on any atom is -0.379 e. The molecule has 0 spiro atoms. The van der Waals surface area contributed by atoms with Crippen molar-refractivity contribution in [2.24, 2.45) is 0 Å². The highest BCUT2D eigenvalue weighted by atomic mass is 35.5. The van der Waals surface area contributed by atoms with Crippen molar-refractivity contribution in [2.45, 2.75) is 24.8 Å². The Kier molecular flexibility index (Phi) is 5.93. The number of hydrogen-bond acceptors (Lipinski definition) is 4. The van der Waals surface area contributed by atoms with Crippen LogP contribution in [0.25, 0.3) is 0 Å². The van der Waals surface area contributed by atoms with Gasteiger partial charge in [-0.2, -0.15) is 0 Å². The molecule has 8 heteroatoms. The summed E-state index contributed by atoms with van der Waals surface area (Å²) < 4.78 is 5.63. The molecule has 2 aromatic carbocycles. The van der Waals surface area contributed by atoms with Gasteiger partial charge in [0.2, 0.25) is 0 Å². The number of anilines is 1. The molecule has 3 rings (SSSR count). The van der Waals surface area contributed by atoms with Gasteiger partial charge in [0.05, 0.1) is 17.1 Å². The molecule has 1 aliphatic rings. The molecule has 1 unspecified atom stereocenters. The molecule has 142 valence electrons. The lowest BCUT2D eigenvalue weighted by Crippen LogP contribution is -2.56. The van der Waals surface area contributed by atoms with Crippen LogP contribution in [-0.2, 0) is 11.2 Å². The lowest BCUT2D eigenvalue weighted by molar-refractivity contribution is -0.384. The van der Waals surface area contributed by atoms with Crippen LogP contribution in [0.3, 0.4) is 0 Å². The molecule has 7 nitrogen and oxygen atoms in total. The molecular formula is C19H20ClN3O4. The van der Waals surface area contributed by atoms with Gasteiger partial charge in [0.1, 0.15) is 0 Å². The monoisotopic (exact) mass is 389 g/mol. The number of nitro benzene ring substituents is 1. The summed E-state index contributed by atoms with van der Waals surface area (Å²) in [7, 11) is 0. The van der Waals surface area contributed by atoms with E-state index in [1.54, 1.807) is 0 Å². The predicted molar refractivity (Wildman–Crippen MR) is 103 cm³/mol. The van der Waals surface area contributed by atoms with Gasteiger partial charge < -0.3 is 15.4 Å². The fourth-order valence-electron chi connectivity index (χ4n) is 3.20. The minimum absolute atomic E-state index is 0.0270. The molecule has 0 aliphatic carbocycles. The van der Waals surface area contributed by atoms with Crippen molar-refractivity contribution < 1.29 is 14.5 Å². The minimum atomic E-state index is -0.517. The molecule has 1 saturated heterocycles. The predicted octanol–water partition coefficient (Wildman–Crippen LogP) is 4.16. The van der Waals surface area contributed by atoms with Gasteiger partial charge in [-0.15, -0.1) is 0 Å². The zero-order valence-electron chi connectivity index (χ0n) is 14.6. The lowest BCUT2D eigenvalue weighted by atomic mass is 9.85. The molecule has 0 aromatic heterocycles. The molecule has 1 heterocycles. The van der Waals surface area contributed by atoms with Crippen molar-refractivity contribution in [3.05, 3.63) is 69.2 Å². The van der Waals surface area contributed by atoms with E-state index >= 15 is 0 Å². The van der Waals surface area contributed by atoms with Crippen molar-refractivity contribution in [2.75, 3.05) is 18.5 Å². The third kappa shape index (κ3) is 5.18. The van der Waals surface area contributed by atoms with Crippen LogP contribution in [0.5, 0.6) is 0 Å².